The molecular weight excluding hydrogens is 530 g/mol. The lowest BCUT2D eigenvalue weighted by Crippen LogP contribution is -2.33. The van der Waals surface area contributed by atoms with Gasteiger partial charge in [-0.2, -0.15) is 5.10 Å². The van der Waals surface area contributed by atoms with Gasteiger partial charge in [0.2, 0.25) is 0 Å². The lowest BCUT2D eigenvalue weighted by molar-refractivity contribution is -0.127. The van der Waals surface area contributed by atoms with Gasteiger partial charge in [-0.3, -0.25) is 9.59 Å². The fourth-order valence-electron chi connectivity index (χ4n) is 4.36. The van der Waals surface area contributed by atoms with Crippen molar-refractivity contribution in [1.29, 1.82) is 0 Å². The first-order valence-corrected chi connectivity index (χ1v) is 14.0. The maximum atomic E-state index is 13.1. The Labute approximate surface area is 237 Å². The predicted molar refractivity (Wildman–Crippen MR) is 155 cm³/mol. The summed E-state index contributed by atoms with van der Waals surface area (Å²) in [4.78, 5) is 39.3. The molecule has 0 spiro atoms. The Hall–Kier alpha value is -4.18. The lowest BCUT2D eigenvalue weighted by Gasteiger charge is -2.18. The van der Waals surface area contributed by atoms with Crippen LogP contribution in [0.25, 0.3) is 0 Å². The number of nitrogens with zero attached hydrogens (tertiary/aromatic N) is 1. The molecule has 2 atom stereocenters. The van der Waals surface area contributed by atoms with Crippen molar-refractivity contribution in [3.05, 3.63) is 75.7 Å². The van der Waals surface area contributed by atoms with Crippen molar-refractivity contribution in [2.24, 2.45) is 11.0 Å². The molecule has 0 bridgehead atoms. The number of carbonyl (C=O) groups excluding carboxylic acids is 3. The second kappa shape index (κ2) is 13.3. The Morgan fingerprint density at radius 2 is 1.93 bits per heavy atom. The molecule has 0 aliphatic heterocycles. The first-order valence-electron chi connectivity index (χ1n) is 13.2. The molecule has 4 rings (SSSR count). The Morgan fingerprint density at radius 3 is 2.65 bits per heavy atom. The molecule has 0 saturated carbocycles. The van der Waals surface area contributed by atoms with E-state index in [1.54, 1.807) is 51.3 Å². The molecule has 1 aliphatic rings. The molecular formula is C30H33N3O6S. The van der Waals surface area contributed by atoms with Crippen LogP contribution in [0.2, 0.25) is 0 Å². The number of ether oxygens (including phenoxy) is 3. The van der Waals surface area contributed by atoms with Crippen molar-refractivity contribution in [2.45, 2.75) is 46.1 Å². The van der Waals surface area contributed by atoms with Crippen LogP contribution in [0.15, 0.2) is 53.6 Å². The maximum absolute atomic E-state index is 13.1. The van der Waals surface area contributed by atoms with E-state index in [4.69, 9.17) is 14.2 Å². The highest BCUT2D eigenvalue weighted by Crippen LogP contribution is 2.40. The van der Waals surface area contributed by atoms with Gasteiger partial charge >= 0.3 is 5.97 Å². The van der Waals surface area contributed by atoms with E-state index in [0.717, 1.165) is 35.3 Å². The molecule has 1 heterocycles. The number of hydrogen-bond acceptors (Lipinski definition) is 8. The third-order valence-corrected chi connectivity index (χ3v) is 7.67. The average Bonchev–Trinajstić information content (AvgIpc) is 3.30. The van der Waals surface area contributed by atoms with E-state index in [2.05, 4.69) is 22.8 Å². The van der Waals surface area contributed by atoms with Crippen LogP contribution in [0.5, 0.6) is 11.5 Å². The number of benzene rings is 2. The Kier molecular flexibility index (Phi) is 9.55. The van der Waals surface area contributed by atoms with E-state index >= 15 is 0 Å². The van der Waals surface area contributed by atoms with Gasteiger partial charge in [0.1, 0.15) is 16.5 Å². The van der Waals surface area contributed by atoms with Crippen LogP contribution >= 0.6 is 11.3 Å². The van der Waals surface area contributed by atoms with Crippen molar-refractivity contribution >= 4 is 40.3 Å². The van der Waals surface area contributed by atoms with Crippen LogP contribution in [0.3, 0.4) is 0 Å². The Balaban J connectivity index is 1.37. The molecule has 1 aliphatic carbocycles. The second-order valence-corrected chi connectivity index (χ2v) is 10.6. The highest BCUT2D eigenvalue weighted by molar-refractivity contribution is 7.17. The standard InChI is InChI=1S/C30H33N3O6S/c1-5-38-30(36)26-24-14-9-18(2)15-25(24)40-29(26)32-28(35)21-10-12-22(13-11-21)39-19(3)27(34)33-31-17-20-7-6-8-23(16-20)37-4/h6-8,10-13,16-19H,5,9,14-15H2,1-4H3,(H,32,35)(H,33,34). The molecule has 10 heteroatoms. The van der Waals surface area contributed by atoms with Crippen molar-refractivity contribution in [2.75, 3.05) is 19.0 Å². The molecule has 2 N–H and O–H groups in total. The van der Waals surface area contributed by atoms with Crippen molar-refractivity contribution in [3.63, 3.8) is 0 Å². The molecule has 0 saturated heterocycles. The van der Waals surface area contributed by atoms with Crippen molar-refractivity contribution in [3.8, 4) is 11.5 Å². The van der Waals surface area contributed by atoms with Crippen LogP contribution in [-0.2, 0) is 22.4 Å². The van der Waals surface area contributed by atoms with Gasteiger partial charge < -0.3 is 19.5 Å². The van der Waals surface area contributed by atoms with E-state index in [1.807, 2.05) is 18.2 Å². The zero-order valence-electron chi connectivity index (χ0n) is 23.0. The number of hydrogen-bond donors (Lipinski definition) is 2. The van der Waals surface area contributed by atoms with Gasteiger partial charge in [-0.15, -0.1) is 11.3 Å². The normalized spacial score (nSPS) is 15.2. The lowest BCUT2D eigenvalue weighted by atomic mass is 9.88. The molecule has 0 radical (unpaired) electrons. The van der Waals surface area contributed by atoms with E-state index in [1.165, 1.54) is 17.6 Å². The SMILES string of the molecule is CCOC(=O)c1c(NC(=O)c2ccc(OC(C)C(=O)NN=Cc3cccc(OC)c3)cc2)sc2c1CCC(C)C2. The highest BCUT2D eigenvalue weighted by Gasteiger charge is 2.29. The molecule has 210 valence electrons. The summed E-state index contributed by atoms with van der Waals surface area (Å²) in [6.45, 7) is 5.82. The number of rotatable bonds is 10. The molecule has 2 unspecified atom stereocenters. The van der Waals surface area contributed by atoms with Crippen molar-refractivity contribution in [1.82, 2.24) is 5.43 Å². The maximum Gasteiger partial charge on any atom is 0.341 e. The van der Waals surface area contributed by atoms with Gasteiger partial charge in [0, 0.05) is 10.4 Å². The van der Waals surface area contributed by atoms with Gasteiger partial charge in [0.05, 0.1) is 25.5 Å². The molecule has 2 amide bonds. The molecule has 3 aromatic rings. The topological polar surface area (TPSA) is 115 Å². The zero-order valence-corrected chi connectivity index (χ0v) is 23.8. The van der Waals surface area contributed by atoms with Crippen LogP contribution in [-0.4, -0.2) is 43.8 Å². The number of carbonyl (C=O) groups is 3. The third-order valence-electron chi connectivity index (χ3n) is 6.50. The second-order valence-electron chi connectivity index (χ2n) is 9.53. The van der Waals surface area contributed by atoms with Gasteiger partial charge in [0.15, 0.2) is 6.10 Å². The van der Waals surface area contributed by atoms with E-state index in [9.17, 15) is 14.4 Å². The van der Waals surface area contributed by atoms with E-state index < -0.39 is 18.0 Å². The molecule has 40 heavy (non-hydrogen) atoms. The summed E-state index contributed by atoms with van der Waals surface area (Å²) < 4.78 is 16.2. The average molecular weight is 564 g/mol. The fourth-order valence-corrected chi connectivity index (χ4v) is 5.75. The van der Waals surface area contributed by atoms with E-state index in [-0.39, 0.29) is 12.5 Å². The van der Waals surface area contributed by atoms with Crippen LogP contribution < -0.4 is 20.2 Å². The first kappa shape index (κ1) is 28.8. The number of fused-ring (bicyclic) bond motifs is 1. The summed E-state index contributed by atoms with van der Waals surface area (Å²) in [6, 6.07) is 13.7. The summed E-state index contributed by atoms with van der Waals surface area (Å²) >= 11 is 1.44. The fraction of sp³-hybridized carbons (Fsp3) is 0.333. The van der Waals surface area contributed by atoms with Crippen LogP contribution in [0, 0.1) is 5.92 Å². The smallest absolute Gasteiger partial charge is 0.341 e. The van der Waals surface area contributed by atoms with Gasteiger partial charge in [-0.1, -0.05) is 19.1 Å². The van der Waals surface area contributed by atoms with E-state index in [0.29, 0.717) is 33.5 Å². The number of hydrazone groups is 1. The quantitative estimate of drug-likeness (QED) is 0.198. The first-order chi connectivity index (χ1) is 19.3. The molecule has 0 fully saturated rings. The molecule has 1 aromatic heterocycles. The number of amides is 2. The minimum Gasteiger partial charge on any atom is -0.497 e. The Bertz CT molecular complexity index is 1400. The Morgan fingerprint density at radius 1 is 1.15 bits per heavy atom. The number of nitrogens with one attached hydrogen (secondary N) is 2. The highest BCUT2D eigenvalue weighted by atomic mass is 32.1. The summed E-state index contributed by atoms with van der Waals surface area (Å²) in [7, 11) is 1.58. The van der Waals surface area contributed by atoms with Gasteiger partial charge in [-0.05, 0) is 86.6 Å². The minimum absolute atomic E-state index is 0.264. The monoisotopic (exact) mass is 563 g/mol. The predicted octanol–water partition coefficient (Wildman–Crippen LogP) is 5.23. The van der Waals surface area contributed by atoms with Crippen molar-refractivity contribution < 1.29 is 28.6 Å². The summed E-state index contributed by atoms with van der Waals surface area (Å²) in [5.74, 6) is 0.455. The van der Waals surface area contributed by atoms with Gasteiger partial charge in [0.25, 0.3) is 11.8 Å². The van der Waals surface area contributed by atoms with Crippen LogP contribution in [0.4, 0.5) is 5.00 Å². The summed E-state index contributed by atoms with van der Waals surface area (Å²) in [5.41, 5.74) is 5.07. The number of anilines is 1. The largest absolute Gasteiger partial charge is 0.497 e. The number of esters is 1. The number of methoxy groups -OCH3 is 1. The molecule has 2 aromatic carbocycles. The summed E-state index contributed by atoms with van der Waals surface area (Å²) in [5, 5.41) is 7.40. The third kappa shape index (κ3) is 7.06. The minimum atomic E-state index is -0.825. The van der Waals surface area contributed by atoms with Crippen LogP contribution in [0.1, 0.15) is 63.9 Å². The molecule has 9 nitrogen and oxygen atoms in total. The van der Waals surface area contributed by atoms with Gasteiger partial charge in [-0.25, -0.2) is 10.2 Å². The summed E-state index contributed by atoms with van der Waals surface area (Å²) in [6.07, 6.45) is 3.36. The zero-order chi connectivity index (χ0) is 28.6. The number of thiophene rings is 1.